The highest BCUT2D eigenvalue weighted by Crippen LogP contribution is 2.28. The Kier molecular flexibility index (Phi) is 4.64. The van der Waals surface area contributed by atoms with Crippen molar-refractivity contribution in [3.8, 4) is 0 Å². The van der Waals surface area contributed by atoms with Crippen molar-refractivity contribution in [1.29, 1.82) is 0 Å². The van der Waals surface area contributed by atoms with Crippen molar-refractivity contribution in [2.45, 2.75) is 0 Å². The molecule has 0 aromatic heterocycles. The number of nitro benzene ring substituents is 2. The number of benzene rings is 2. The van der Waals surface area contributed by atoms with Gasteiger partial charge in [0.2, 0.25) is 0 Å². The van der Waals surface area contributed by atoms with Gasteiger partial charge in [-0.1, -0.05) is 29.8 Å². The number of nitrogens with zero attached hydrogens (tertiary/aromatic N) is 3. The molecule has 0 heterocycles. The van der Waals surface area contributed by atoms with Crippen molar-refractivity contribution < 1.29 is 9.85 Å². The number of nitro groups is 2. The molecule has 2 aromatic carbocycles. The Balaban J connectivity index is 2.24. The molecule has 0 radical (unpaired) electrons. The topological polar surface area (TPSA) is 111 Å². The zero-order chi connectivity index (χ0) is 16.1. The predicted octanol–water partition coefficient (Wildman–Crippen LogP) is 3.60. The Bertz CT molecular complexity index is 763. The first kappa shape index (κ1) is 15.4. The maximum absolute atomic E-state index is 11.0. The van der Waals surface area contributed by atoms with Gasteiger partial charge in [-0.2, -0.15) is 5.10 Å². The first-order valence-corrected chi connectivity index (χ1v) is 6.33. The van der Waals surface area contributed by atoms with Crippen molar-refractivity contribution in [2.75, 3.05) is 5.43 Å². The van der Waals surface area contributed by atoms with Crippen LogP contribution in [0.25, 0.3) is 0 Å². The van der Waals surface area contributed by atoms with Gasteiger partial charge in [-0.25, -0.2) is 0 Å². The first-order chi connectivity index (χ1) is 10.5. The molecule has 22 heavy (non-hydrogen) atoms. The molecule has 0 saturated carbocycles. The average molecular weight is 321 g/mol. The summed E-state index contributed by atoms with van der Waals surface area (Å²) in [5.74, 6) is 0. The van der Waals surface area contributed by atoms with E-state index in [9.17, 15) is 20.2 Å². The number of rotatable bonds is 5. The number of nitrogens with one attached hydrogen (secondary N) is 1. The molecule has 0 fully saturated rings. The summed E-state index contributed by atoms with van der Waals surface area (Å²) in [5.41, 5.74) is 2.34. The Hall–Kier alpha value is -3.00. The van der Waals surface area contributed by atoms with Crippen LogP contribution in [0.5, 0.6) is 0 Å². The number of hydrogen-bond donors (Lipinski definition) is 1. The molecule has 0 aliphatic rings. The number of halogens is 1. The van der Waals surface area contributed by atoms with Gasteiger partial charge in [-0.3, -0.25) is 25.7 Å². The van der Waals surface area contributed by atoms with Crippen LogP contribution in [0.15, 0.2) is 47.6 Å². The number of hydrazone groups is 1. The third-order valence-corrected chi connectivity index (χ3v) is 3.03. The Morgan fingerprint density at radius 1 is 1.09 bits per heavy atom. The van der Waals surface area contributed by atoms with Gasteiger partial charge < -0.3 is 0 Å². The van der Waals surface area contributed by atoms with Gasteiger partial charge >= 0.3 is 5.69 Å². The fourth-order valence-electron chi connectivity index (χ4n) is 1.63. The highest BCUT2D eigenvalue weighted by molar-refractivity contribution is 6.33. The number of hydrogen-bond acceptors (Lipinski definition) is 6. The number of anilines is 1. The molecule has 8 nitrogen and oxygen atoms in total. The van der Waals surface area contributed by atoms with E-state index >= 15 is 0 Å². The van der Waals surface area contributed by atoms with Gasteiger partial charge in [0.1, 0.15) is 5.69 Å². The van der Waals surface area contributed by atoms with Crippen molar-refractivity contribution >= 4 is 34.9 Å². The molecule has 1 N–H and O–H groups in total. The molecule has 0 spiro atoms. The highest BCUT2D eigenvalue weighted by atomic mass is 35.5. The first-order valence-electron chi connectivity index (χ1n) is 5.95. The van der Waals surface area contributed by atoms with Crippen LogP contribution in [-0.2, 0) is 0 Å². The molecule has 0 saturated heterocycles. The van der Waals surface area contributed by atoms with E-state index < -0.39 is 15.5 Å². The molecule has 0 atom stereocenters. The third-order valence-electron chi connectivity index (χ3n) is 2.68. The molecule has 2 rings (SSSR count). The lowest BCUT2D eigenvalue weighted by molar-refractivity contribution is -0.393. The monoisotopic (exact) mass is 320 g/mol. The summed E-state index contributed by atoms with van der Waals surface area (Å²) in [6.07, 6.45) is 1.40. The minimum absolute atomic E-state index is 0.0407. The molecular weight excluding hydrogens is 312 g/mol. The van der Waals surface area contributed by atoms with Crippen molar-refractivity contribution in [1.82, 2.24) is 0 Å². The Labute approximate surface area is 129 Å². The molecule has 112 valence electrons. The molecule has 0 aliphatic heterocycles. The van der Waals surface area contributed by atoms with E-state index in [4.69, 9.17) is 11.6 Å². The normalized spacial score (nSPS) is 10.6. The molecule has 9 heteroatoms. The summed E-state index contributed by atoms with van der Waals surface area (Å²) in [6, 6.07) is 10.2. The second-order valence-electron chi connectivity index (χ2n) is 4.11. The fraction of sp³-hybridized carbons (Fsp3) is 0. The average Bonchev–Trinajstić information content (AvgIpc) is 2.49. The Morgan fingerprint density at radius 2 is 1.82 bits per heavy atom. The van der Waals surface area contributed by atoms with E-state index in [0.29, 0.717) is 10.6 Å². The van der Waals surface area contributed by atoms with Crippen LogP contribution in [0.2, 0.25) is 5.02 Å². The van der Waals surface area contributed by atoms with E-state index in [1.54, 1.807) is 24.3 Å². The summed E-state index contributed by atoms with van der Waals surface area (Å²) >= 11 is 5.94. The molecule has 2 aromatic rings. The molecule has 0 aliphatic carbocycles. The van der Waals surface area contributed by atoms with Crippen LogP contribution in [0.3, 0.4) is 0 Å². The van der Waals surface area contributed by atoms with E-state index in [-0.39, 0.29) is 11.4 Å². The SMILES string of the molecule is O=[N+]([O-])c1ccc(N/N=C\c2ccccc2Cl)c([N+](=O)[O-])c1. The van der Waals surface area contributed by atoms with Gasteiger partial charge in [0.15, 0.2) is 0 Å². The molecule has 0 bridgehead atoms. The smallest absolute Gasteiger partial charge is 0.272 e. The van der Waals surface area contributed by atoms with Gasteiger partial charge in [0.25, 0.3) is 5.69 Å². The van der Waals surface area contributed by atoms with Crippen molar-refractivity contribution in [2.24, 2.45) is 5.10 Å². The largest absolute Gasteiger partial charge is 0.301 e. The van der Waals surface area contributed by atoms with E-state index in [1.165, 1.54) is 12.3 Å². The lowest BCUT2D eigenvalue weighted by Crippen LogP contribution is -1.98. The summed E-state index contributed by atoms with van der Waals surface area (Å²) in [7, 11) is 0. The summed E-state index contributed by atoms with van der Waals surface area (Å²) in [6.45, 7) is 0. The quantitative estimate of drug-likeness (QED) is 0.514. The fourth-order valence-corrected chi connectivity index (χ4v) is 1.81. The second kappa shape index (κ2) is 6.64. The third kappa shape index (κ3) is 3.55. The lowest BCUT2D eigenvalue weighted by atomic mass is 10.2. The van der Waals surface area contributed by atoms with E-state index in [2.05, 4.69) is 10.5 Å². The van der Waals surface area contributed by atoms with Crippen LogP contribution in [0.1, 0.15) is 5.56 Å². The van der Waals surface area contributed by atoms with Gasteiger partial charge in [0.05, 0.1) is 22.1 Å². The Morgan fingerprint density at radius 3 is 2.45 bits per heavy atom. The minimum Gasteiger partial charge on any atom is -0.272 e. The predicted molar refractivity (Wildman–Crippen MR) is 82.4 cm³/mol. The van der Waals surface area contributed by atoms with Crippen molar-refractivity contribution in [3.63, 3.8) is 0 Å². The maximum atomic E-state index is 11.0. The van der Waals surface area contributed by atoms with Crippen molar-refractivity contribution in [3.05, 3.63) is 73.3 Å². The zero-order valence-corrected chi connectivity index (χ0v) is 11.7. The van der Waals surface area contributed by atoms with Crippen LogP contribution >= 0.6 is 11.6 Å². The molecular formula is C13H9ClN4O4. The van der Waals surface area contributed by atoms with Gasteiger partial charge in [-0.05, 0) is 12.1 Å². The van der Waals surface area contributed by atoms with Crippen LogP contribution in [-0.4, -0.2) is 16.1 Å². The minimum atomic E-state index is -0.722. The molecule has 0 unspecified atom stereocenters. The van der Waals surface area contributed by atoms with Crippen LogP contribution in [0.4, 0.5) is 17.1 Å². The maximum Gasteiger partial charge on any atom is 0.301 e. The van der Waals surface area contributed by atoms with E-state index in [1.807, 2.05) is 0 Å². The zero-order valence-electron chi connectivity index (χ0n) is 11.0. The standard InChI is InChI=1S/C13H9ClN4O4/c14-11-4-2-1-3-9(11)8-15-16-12-6-5-10(17(19)20)7-13(12)18(21)22/h1-8,16H/b15-8-. The second-order valence-corrected chi connectivity index (χ2v) is 4.51. The number of non-ortho nitro benzene ring substituents is 1. The highest BCUT2D eigenvalue weighted by Gasteiger charge is 2.19. The van der Waals surface area contributed by atoms with Gasteiger partial charge in [0, 0.05) is 16.7 Å². The summed E-state index contributed by atoms with van der Waals surface area (Å²) < 4.78 is 0. The summed E-state index contributed by atoms with van der Waals surface area (Å²) in [4.78, 5) is 20.2. The lowest BCUT2D eigenvalue weighted by Gasteiger charge is -2.02. The van der Waals surface area contributed by atoms with E-state index in [0.717, 1.165) is 12.1 Å². The van der Waals surface area contributed by atoms with Crippen LogP contribution < -0.4 is 5.43 Å². The van der Waals surface area contributed by atoms with Crippen LogP contribution in [0, 0.1) is 20.2 Å². The van der Waals surface area contributed by atoms with Gasteiger partial charge in [-0.15, -0.1) is 0 Å². The molecule has 0 amide bonds. The summed E-state index contributed by atoms with van der Waals surface area (Å²) in [5, 5.41) is 25.9.